The SMILES string of the molecule is c1ccc(C[n+]2ccc(C3c4ccccc4-c4ccccc43)cc2)cc1. The molecule has 5 rings (SSSR count). The predicted octanol–water partition coefficient (Wildman–Crippen LogP) is 5.18. The van der Waals surface area contributed by atoms with Crippen molar-refractivity contribution in [2.24, 2.45) is 0 Å². The molecule has 1 aliphatic rings. The molecule has 1 aliphatic carbocycles. The lowest BCUT2D eigenvalue weighted by Crippen LogP contribution is -2.33. The van der Waals surface area contributed by atoms with Gasteiger partial charge in [0.15, 0.2) is 18.9 Å². The number of benzene rings is 3. The monoisotopic (exact) mass is 334 g/mol. The first-order valence-corrected chi connectivity index (χ1v) is 9.11. The van der Waals surface area contributed by atoms with Gasteiger partial charge in [-0.05, 0) is 27.8 Å². The van der Waals surface area contributed by atoms with E-state index in [4.69, 9.17) is 0 Å². The molecule has 1 heterocycles. The average Bonchev–Trinajstić information content (AvgIpc) is 3.04. The molecule has 1 heteroatoms. The fourth-order valence-corrected chi connectivity index (χ4v) is 4.08. The van der Waals surface area contributed by atoms with Crippen molar-refractivity contribution >= 4 is 0 Å². The fraction of sp³-hybridized carbons (Fsp3) is 0.0800. The zero-order valence-corrected chi connectivity index (χ0v) is 14.5. The number of pyridine rings is 1. The first kappa shape index (κ1) is 15.1. The van der Waals surface area contributed by atoms with Crippen LogP contribution in [0.1, 0.15) is 28.2 Å². The van der Waals surface area contributed by atoms with E-state index in [0.717, 1.165) is 6.54 Å². The van der Waals surface area contributed by atoms with Crippen LogP contribution in [0.2, 0.25) is 0 Å². The lowest BCUT2D eigenvalue weighted by molar-refractivity contribution is -0.688. The van der Waals surface area contributed by atoms with Crippen LogP contribution in [-0.4, -0.2) is 0 Å². The molecule has 1 nitrogen and oxygen atoms in total. The Morgan fingerprint density at radius 1 is 0.577 bits per heavy atom. The van der Waals surface area contributed by atoms with Crippen LogP contribution in [0, 0.1) is 0 Å². The summed E-state index contributed by atoms with van der Waals surface area (Å²) in [6.45, 7) is 0.902. The lowest BCUT2D eigenvalue weighted by Gasteiger charge is -2.13. The van der Waals surface area contributed by atoms with Gasteiger partial charge in [0.05, 0.1) is 0 Å². The molecule has 0 bridgehead atoms. The van der Waals surface area contributed by atoms with Crippen molar-refractivity contribution in [3.8, 4) is 11.1 Å². The fourth-order valence-electron chi connectivity index (χ4n) is 4.08. The van der Waals surface area contributed by atoms with Crippen LogP contribution < -0.4 is 4.57 Å². The Balaban J connectivity index is 1.52. The number of rotatable bonds is 3. The molecule has 1 aromatic heterocycles. The van der Waals surface area contributed by atoms with E-state index < -0.39 is 0 Å². The topological polar surface area (TPSA) is 3.88 Å². The Bertz CT molecular complexity index is 1000. The molecule has 0 atom stereocenters. The summed E-state index contributed by atoms with van der Waals surface area (Å²) >= 11 is 0. The minimum Gasteiger partial charge on any atom is -0.201 e. The highest BCUT2D eigenvalue weighted by Crippen LogP contribution is 2.47. The molecule has 124 valence electrons. The average molecular weight is 334 g/mol. The normalized spacial score (nSPS) is 12.6. The second-order valence-corrected chi connectivity index (χ2v) is 6.90. The first-order valence-electron chi connectivity index (χ1n) is 9.11. The molecule has 0 unspecified atom stereocenters. The van der Waals surface area contributed by atoms with Gasteiger partial charge in [0, 0.05) is 23.6 Å². The molecule has 0 saturated carbocycles. The molecule has 3 aromatic carbocycles. The lowest BCUT2D eigenvalue weighted by atomic mass is 9.90. The molecule has 0 N–H and O–H groups in total. The quantitative estimate of drug-likeness (QED) is 0.400. The van der Waals surface area contributed by atoms with Crippen molar-refractivity contribution in [3.63, 3.8) is 0 Å². The van der Waals surface area contributed by atoms with Crippen molar-refractivity contribution < 1.29 is 4.57 Å². The third kappa shape index (κ3) is 2.53. The number of hydrogen-bond donors (Lipinski definition) is 0. The maximum atomic E-state index is 2.27. The van der Waals surface area contributed by atoms with Gasteiger partial charge in [0.25, 0.3) is 0 Å². The highest BCUT2D eigenvalue weighted by atomic mass is 14.9. The number of fused-ring (bicyclic) bond motifs is 3. The summed E-state index contributed by atoms with van der Waals surface area (Å²) in [7, 11) is 0. The molecule has 4 aromatic rings. The van der Waals surface area contributed by atoms with Gasteiger partial charge in [-0.1, -0.05) is 78.9 Å². The van der Waals surface area contributed by atoms with E-state index >= 15 is 0 Å². The number of hydrogen-bond acceptors (Lipinski definition) is 0. The van der Waals surface area contributed by atoms with Crippen LogP contribution >= 0.6 is 0 Å². The standard InChI is InChI=1S/C25H20N/c1-2-8-19(9-3-1)18-26-16-14-20(15-17-26)25-23-12-6-4-10-21(23)22-11-5-7-13-24(22)25/h1-17,25H,18H2/q+1. The van der Waals surface area contributed by atoms with E-state index in [9.17, 15) is 0 Å². The largest absolute Gasteiger partial charge is 0.201 e. The van der Waals surface area contributed by atoms with E-state index in [1.54, 1.807) is 0 Å². The molecule has 0 aliphatic heterocycles. The molecule has 0 amide bonds. The van der Waals surface area contributed by atoms with Crippen LogP contribution in [0.15, 0.2) is 103 Å². The van der Waals surface area contributed by atoms with E-state index in [1.165, 1.54) is 33.4 Å². The van der Waals surface area contributed by atoms with Gasteiger partial charge >= 0.3 is 0 Å². The molecular weight excluding hydrogens is 314 g/mol. The second kappa shape index (κ2) is 6.27. The van der Waals surface area contributed by atoms with Gasteiger partial charge in [0.2, 0.25) is 0 Å². The summed E-state index contributed by atoms with van der Waals surface area (Å²) in [5.74, 6) is 0.328. The van der Waals surface area contributed by atoms with E-state index in [1.807, 2.05) is 0 Å². The van der Waals surface area contributed by atoms with E-state index in [-0.39, 0.29) is 0 Å². The Morgan fingerprint density at radius 2 is 1.12 bits per heavy atom. The van der Waals surface area contributed by atoms with Gasteiger partial charge in [-0.25, -0.2) is 4.57 Å². The van der Waals surface area contributed by atoms with Crippen LogP contribution in [0.5, 0.6) is 0 Å². The summed E-state index contributed by atoms with van der Waals surface area (Å²) in [4.78, 5) is 0. The molecule has 0 saturated heterocycles. The minimum atomic E-state index is 0.328. The Labute approximate surface area is 154 Å². The molecule has 0 spiro atoms. The van der Waals surface area contributed by atoms with Crippen LogP contribution in [0.3, 0.4) is 0 Å². The zero-order valence-electron chi connectivity index (χ0n) is 14.5. The van der Waals surface area contributed by atoms with Gasteiger partial charge < -0.3 is 0 Å². The molecule has 0 radical (unpaired) electrons. The summed E-state index contributed by atoms with van der Waals surface area (Å²) in [5.41, 5.74) is 8.24. The van der Waals surface area contributed by atoms with Gasteiger partial charge in [-0.15, -0.1) is 0 Å². The minimum absolute atomic E-state index is 0.328. The smallest absolute Gasteiger partial charge is 0.173 e. The highest BCUT2D eigenvalue weighted by molar-refractivity contribution is 5.80. The van der Waals surface area contributed by atoms with Gasteiger partial charge in [-0.3, -0.25) is 0 Å². The van der Waals surface area contributed by atoms with E-state index in [2.05, 4.69) is 108 Å². The van der Waals surface area contributed by atoms with Crippen molar-refractivity contribution in [2.45, 2.75) is 12.5 Å². The van der Waals surface area contributed by atoms with Crippen LogP contribution in [0.4, 0.5) is 0 Å². The first-order chi connectivity index (χ1) is 12.9. The zero-order chi connectivity index (χ0) is 17.3. The summed E-state index contributed by atoms with van der Waals surface area (Å²) in [6.07, 6.45) is 4.40. The maximum Gasteiger partial charge on any atom is 0.173 e. The summed E-state index contributed by atoms with van der Waals surface area (Å²) in [5, 5.41) is 0. The molecular formula is C25H20N+. The predicted molar refractivity (Wildman–Crippen MR) is 105 cm³/mol. The molecule has 0 fully saturated rings. The van der Waals surface area contributed by atoms with Gasteiger partial charge in [-0.2, -0.15) is 0 Å². The molecule has 26 heavy (non-hydrogen) atoms. The number of aromatic nitrogens is 1. The third-order valence-electron chi connectivity index (χ3n) is 5.29. The Hall–Kier alpha value is -3.19. The Kier molecular flexibility index (Phi) is 3.64. The number of nitrogens with zero attached hydrogens (tertiary/aromatic N) is 1. The highest BCUT2D eigenvalue weighted by Gasteiger charge is 2.29. The summed E-state index contributed by atoms with van der Waals surface area (Å²) in [6, 6.07) is 32.7. The van der Waals surface area contributed by atoms with Crippen molar-refractivity contribution in [2.75, 3.05) is 0 Å². The van der Waals surface area contributed by atoms with Crippen LogP contribution in [0.25, 0.3) is 11.1 Å². The van der Waals surface area contributed by atoms with Crippen molar-refractivity contribution in [1.82, 2.24) is 0 Å². The summed E-state index contributed by atoms with van der Waals surface area (Å²) < 4.78 is 2.24. The van der Waals surface area contributed by atoms with Gasteiger partial charge in [0.1, 0.15) is 0 Å². The van der Waals surface area contributed by atoms with Crippen molar-refractivity contribution in [3.05, 3.63) is 126 Å². The Morgan fingerprint density at radius 3 is 1.73 bits per heavy atom. The van der Waals surface area contributed by atoms with Crippen LogP contribution in [-0.2, 0) is 6.54 Å². The third-order valence-corrected chi connectivity index (χ3v) is 5.29. The van der Waals surface area contributed by atoms with E-state index in [0.29, 0.717) is 5.92 Å². The van der Waals surface area contributed by atoms with Crippen molar-refractivity contribution in [1.29, 1.82) is 0 Å². The second-order valence-electron chi connectivity index (χ2n) is 6.90. The maximum absolute atomic E-state index is 2.27.